The van der Waals surface area contributed by atoms with Gasteiger partial charge in [-0.15, -0.1) is 0 Å². The average molecular weight is 266 g/mol. The normalized spacial score (nSPS) is 21.4. The molecule has 1 unspecified atom stereocenters. The van der Waals surface area contributed by atoms with Crippen LogP contribution in [0.5, 0.6) is 0 Å². The summed E-state index contributed by atoms with van der Waals surface area (Å²) in [5.74, 6) is -0.0432. The minimum absolute atomic E-state index is 0.0199. The van der Waals surface area contributed by atoms with E-state index in [4.69, 9.17) is 0 Å². The smallest absolute Gasteiger partial charge is 0.270 e. The summed E-state index contributed by atoms with van der Waals surface area (Å²) in [6.07, 6.45) is 2.95. The summed E-state index contributed by atoms with van der Waals surface area (Å²) in [7, 11) is -3.12. The first-order chi connectivity index (χ1) is 8.46. The van der Waals surface area contributed by atoms with Gasteiger partial charge in [-0.05, 0) is 11.6 Å². The first-order valence-electron chi connectivity index (χ1n) is 5.15. The summed E-state index contributed by atoms with van der Waals surface area (Å²) in [5, 5.41) is 11.7. The fourth-order valence-corrected chi connectivity index (χ4v) is 2.76. The Morgan fingerprint density at radius 3 is 2.83 bits per heavy atom. The van der Waals surface area contributed by atoms with Gasteiger partial charge in [-0.2, -0.15) is 0 Å². The van der Waals surface area contributed by atoms with Crippen LogP contribution in [0.3, 0.4) is 0 Å². The summed E-state index contributed by atoms with van der Waals surface area (Å²) in [6.45, 7) is 0. The van der Waals surface area contributed by atoms with Crippen molar-refractivity contribution in [2.75, 3.05) is 5.75 Å². The van der Waals surface area contributed by atoms with Gasteiger partial charge in [0, 0.05) is 23.8 Å². The zero-order chi connectivity index (χ0) is 13.2. The van der Waals surface area contributed by atoms with Crippen molar-refractivity contribution in [3.8, 4) is 0 Å². The molecule has 1 aromatic carbocycles. The van der Waals surface area contributed by atoms with Gasteiger partial charge in [-0.3, -0.25) is 15.1 Å². The van der Waals surface area contributed by atoms with Crippen LogP contribution in [-0.4, -0.2) is 31.4 Å². The lowest BCUT2D eigenvalue weighted by Gasteiger charge is -1.98. The fraction of sp³-hybridized carbons (Fsp3) is 0.182. The van der Waals surface area contributed by atoms with Gasteiger partial charge in [0.25, 0.3) is 5.69 Å². The van der Waals surface area contributed by atoms with E-state index in [0.29, 0.717) is 5.56 Å². The summed E-state index contributed by atoms with van der Waals surface area (Å²) >= 11 is 0. The molecule has 1 aromatic rings. The highest BCUT2D eigenvalue weighted by atomic mass is 32.2. The van der Waals surface area contributed by atoms with Crippen molar-refractivity contribution in [2.45, 2.75) is 6.04 Å². The van der Waals surface area contributed by atoms with E-state index in [9.17, 15) is 18.5 Å². The number of nitrogens with zero attached hydrogens (tertiary/aromatic N) is 2. The lowest BCUT2D eigenvalue weighted by Crippen LogP contribution is -2.08. The molecule has 0 amide bonds. The second-order valence-corrected chi connectivity index (χ2v) is 5.79. The Labute approximate surface area is 104 Å². The molecule has 1 aliphatic heterocycles. The minimum atomic E-state index is -3.12. The van der Waals surface area contributed by atoms with E-state index in [1.165, 1.54) is 24.4 Å². The molecule has 0 N–H and O–H groups in total. The number of hydrogen-bond acceptors (Lipinski definition) is 5. The Hall–Kier alpha value is -2.02. The molecule has 0 radical (unpaired) electrons. The Morgan fingerprint density at radius 2 is 2.22 bits per heavy atom. The van der Waals surface area contributed by atoms with Crippen LogP contribution in [0.25, 0.3) is 0 Å². The number of non-ortho nitro benzene ring substituents is 1. The van der Waals surface area contributed by atoms with Gasteiger partial charge < -0.3 is 0 Å². The van der Waals surface area contributed by atoms with E-state index >= 15 is 0 Å². The third-order valence-corrected chi connectivity index (χ3v) is 3.79. The van der Waals surface area contributed by atoms with Crippen molar-refractivity contribution in [3.05, 3.63) is 51.4 Å². The largest absolute Gasteiger partial charge is 0.284 e. The molecule has 1 aliphatic rings. The lowest BCUT2D eigenvalue weighted by molar-refractivity contribution is -0.384. The number of sulfone groups is 1. The van der Waals surface area contributed by atoms with Gasteiger partial charge in [0.15, 0.2) is 9.84 Å². The summed E-state index contributed by atoms with van der Waals surface area (Å²) < 4.78 is 22.3. The maximum atomic E-state index is 11.1. The molecule has 0 bridgehead atoms. The van der Waals surface area contributed by atoms with Crippen LogP contribution in [0.1, 0.15) is 5.56 Å². The van der Waals surface area contributed by atoms with Crippen LogP contribution in [-0.2, 0) is 9.84 Å². The number of benzene rings is 1. The number of hydrogen-bond donors (Lipinski definition) is 0. The van der Waals surface area contributed by atoms with Crippen LogP contribution < -0.4 is 0 Å². The van der Waals surface area contributed by atoms with Crippen molar-refractivity contribution in [2.24, 2.45) is 4.99 Å². The van der Waals surface area contributed by atoms with E-state index in [1.54, 1.807) is 12.1 Å². The number of nitro benzene ring substituents is 1. The molecule has 0 saturated heterocycles. The van der Waals surface area contributed by atoms with Crippen LogP contribution in [0.15, 0.2) is 40.7 Å². The standard InChI is InChI=1S/C11H10N2O4S/c14-13(15)11-3-1-2-9(6-11)7-12-10-4-5-18(16,17)8-10/h1-7,10H,8H2. The van der Waals surface area contributed by atoms with Gasteiger partial charge in [-0.1, -0.05) is 12.1 Å². The predicted molar refractivity (Wildman–Crippen MR) is 67.4 cm³/mol. The molecule has 0 saturated carbocycles. The third kappa shape index (κ3) is 3.01. The molecule has 18 heavy (non-hydrogen) atoms. The predicted octanol–water partition coefficient (Wildman–Crippen LogP) is 1.32. The van der Waals surface area contributed by atoms with E-state index in [0.717, 1.165) is 5.41 Å². The van der Waals surface area contributed by atoms with Gasteiger partial charge in [0.2, 0.25) is 0 Å². The van der Waals surface area contributed by atoms with E-state index in [-0.39, 0.29) is 11.4 Å². The molecule has 6 nitrogen and oxygen atoms in total. The van der Waals surface area contributed by atoms with Crippen LogP contribution in [0.2, 0.25) is 0 Å². The SMILES string of the molecule is O=[N+]([O-])c1cccc(C=NC2C=CS(=O)(=O)C2)c1. The molecule has 2 rings (SSSR count). The third-order valence-electron chi connectivity index (χ3n) is 2.41. The zero-order valence-corrected chi connectivity index (χ0v) is 10.1. The first-order valence-corrected chi connectivity index (χ1v) is 6.86. The highest BCUT2D eigenvalue weighted by Crippen LogP contribution is 2.14. The molecular weight excluding hydrogens is 256 g/mol. The molecule has 7 heteroatoms. The second kappa shape index (κ2) is 4.69. The maximum Gasteiger partial charge on any atom is 0.270 e. The molecule has 94 valence electrons. The van der Waals surface area contributed by atoms with E-state index in [2.05, 4.69) is 4.99 Å². The summed E-state index contributed by atoms with van der Waals surface area (Å²) in [6, 6.07) is 5.59. The zero-order valence-electron chi connectivity index (χ0n) is 9.26. The minimum Gasteiger partial charge on any atom is -0.284 e. The molecule has 0 spiro atoms. The quantitative estimate of drug-likeness (QED) is 0.469. The Kier molecular flexibility index (Phi) is 3.24. The van der Waals surface area contributed by atoms with Crippen molar-refractivity contribution < 1.29 is 13.3 Å². The Bertz CT molecular complexity index is 634. The van der Waals surface area contributed by atoms with Crippen LogP contribution in [0, 0.1) is 10.1 Å². The van der Waals surface area contributed by atoms with E-state index < -0.39 is 20.8 Å². The highest BCUT2D eigenvalue weighted by molar-refractivity contribution is 7.94. The van der Waals surface area contributed by atoms with E-state index in [1.807, 2.05) is 0 Å². The summed E-state index contributed by atoms with van der Waals surface area (Å²) in [4.78, 5) is 14.2. The fourth-order valence-electron chi connectivity index (χ4n) is 1.55. The van der Waals surface area contributed by atoms with Crippen molar-refractivity contribution in [3.63, 3.8) is 0 Å². The maximum absolute atomic E-state index is 11.1. The van der Waals surface area contributed by atoms with Crippen molar-refractivity contribution >= 4 is 21.7 Å². The molecule has 0 fully saturated rings. The number of nitro groups is 1. The molecule has 0 aliphatic carbocycles. The molecule has 1 atom stereocenters. The van der Waals surface area contributed by atoms with Crippen LogP contribution in [0.4, 0.5) is 5.69 Å². The second-order valence-electron chi connectivity index (χ2n) is 3.86. The van der Waals surface area contributed by atoms with Crippen LogP contribution >= 0.6 is 0 Å². The summed E-state index contributed by atoms with van der Waals surface area (Å²) in [5.41, 5.74) is 0.551. The molecular formula is C11H10N2O4S. The van der Waals surface area contributed by atoms with Crippen molar-refractivity contribution in [1.29, 1.82) is 0 Å². The Morgan fingerprint density at radius 1 is 1.44 bits per heavy atom. The number of rotatable bonds is 3. The topological polar surface area (TPSA) is 89.6 Å². The average Bonchev–Trinajstić information content (AvgIpc) is 2.67. The van der Waals surface area contributed by atoms with Gasteiger partial charge >= 0.3 is 0 Å². The Balaban J connectivity index is 2.13. The molecule has 0 aromatic heterocycles. The number of aliphatic imine (C=N–C) groups is 1. The highest BCUT2D eigenvalue weighted by Gasteiger charge is 2.20. The van der Waals surface area contributed by atoms with Gasteiger partial charge in [0.1, 0.15) is 0 Å². The molecule has 1 heterocycles. The monoisotopic (exact) mass is 266 g/mol. The lowest BCUT2D eigenvalue weighted by atomic mass is 10.2. The first kappa shape index (κ1) is 12.4. The van der Waals surface area contributed by atoms with Gasteiger partial charge in [0.05, 0.1) is 16.7 Å². The van der Waals surface area contributed by atoms with Gasteiger partial charge in [-0.25, -0.2) is 8.42 Å². The van der Waals surface area contributed by atoms with Crippen molar-refractivity contribution in [1.82, 2.24) is 0 Å².